The zero-order valence-corrected chi connectivity index (χ0v) is 9.38. The number of aliphatic carboxylic acids is 2. The number of rotatable bonds is 8. The van der Waals surface area contributed by atoms with E-state index in [1.54, 1.807) is 19.0 Å². The van der Waals surface area contributed by atoms with Crippen LogP contribution >= 0.6 is 0 Å². The van der Waals surface area contributed by atoms with Crippen molar-refractivity contribution in [2.24, 2.45) is 0 Å². The molecule has 0 bridgehead atoms. The summed E-state index contributed by atoms with van der Waals surface area (Å²) in [6, 6.07) is 0. The Labute approximate surface area is 93.9 Å². The van der Waals surface area contributed by atoms with E-state index in [9.17, 15) is 24.9 Å². The molecule has 16 heavy (non-hydrogen) atoms. The lowest BCUT2D eigenvalue weighted by Gasteiger charge is -2.26. The second-order valence-corrected chi connectivity index (χ2v) is 3.83. The molecular weight excluding hydrogens is 216 g/mol. The highest BCUT2D eigenvalue weighted by molar-refractivity contribution is 5.70. The number of carboxylic acids is 2. The third kappa shape index (κ3) is 8.16. The van der Waals surface area contributed by atoms with Gasteiger partial charge in [-0.1, -0.05) is 0 Å². The number of hydrogen-bond acceptors (Lipinski definition) is 7. The first-order chi connectivity index (χ1) is 7.31. The molecule has 1 atom stereocenters. The largest absolute Gasteiger partial charge is 0.549 e. The van der Waals surface area contributed by atoms with E-state index in [0.717, 1.165) is 4.90 Å². The molecule has 0 saturated heterocycles. The van der Waals surface area contributed by atoms with Gasteiger partial charge in [0.15, 0.2) is 0 Å². The maximum Gasteiger partial charge on any atom is 0.0793 e. The van der Waals surface area contributed by atoms with Crippen molar-refractivity contribution in [3.63, 3.8) is 0 Å². The van der Waals surface area contributed by atoms with Gasteiger partial charge < -0.3 is 29.8 Å². The highest BCUT2D eigenvalue weighted by atomic mass is 16.4. The topological polar surface area (TPSA) is 107 Å². The smallest absolute Gasteiger partial charge is 0.0793 e. The molecule has 94 valence electrons. The highest BCUT2D eigenvalue weighted by Gasteiger charge is 2.12. The normalized spacial score (nSPS) is 13.1. The van der Waals surface area contributed by atoms with Crippen molar-refractivity contribution < 1.29 is 24.9 Å². The standard InChI is InChI=1S/C9H18N2O5/c1-10(2)3-7(12)4-11(5-8(13)14)6-9(15)16/h7,12H,3-6H2,1-2H3,(H,13,14)(H,15,16)/p-2. The van der Waals surface area contributed by atoms with Gasteiger partial charge in [-0.3, -0.25) is 4.90 Å². The number of aliphatic hydroxyl groups is 1. The lowest BCUT2D eigenvalue weighted by Crippen LogP contribution is -2.48. The summed E-state index contributed by atoms with van der Waals surface area (Å²) < 4.78 is 0. The van der Waals surface area contributed by atoms with Crippen LogP contribution < -0.4 is 10.2 Å². The van der Waals surface area contributed by atoms with Crippen LogP contribution in [0.25, 0.3) is 0 Å². The Bertz CT molecular complexity index is 228. The van der Waals surface area contributed by atoms with Crippen molar-refractivity contribution in [2.75, 3.05) is 40.3 Å². The van der Waals surface area contributed by atoms with Gasteiger partial charge in [0.1, 0.15) is 0 Å². The fourth-order valence-corrected chi connectivity index (χ4v) is 1.33. The van der Waals surface area contributed by atoms with E-state index in [0.29, 0.717) is 6.54 Å². The van der Waals surface area contributed by atoms with Crippen molar-refractivity contribution in [1.29, 1.82) is 0 Å². The van der Waals surface area contributed by atoms with Gasteiger partial charge in [-0.25, -0.2) is 0 Å². The molecule has 0 amide bonds. The van der Waals surface area contributed by atoms with Gasteiger partial charge in [0.05, 0.1) is 18.0 Å². The van der Waals surface area contributed by atoms with Gasteiger partial charge in [0, 0.05) is 26.2 Å². The fraction of sp³-hybridized carbons (Fsp3) is 0.778. The summed E-state index contributed by atoms with van der Waals surface area (Å²) in [6.45, 7) is -0.826. The Morgan fingerprint density at radius 3 is 1.88 bits per heavy atom. The number of carbonyl (C=O) groups excluding carboxylic acids is 2. The van der Waals surface area contributed by atoms with E-state index in [-0.39, 0.29) is 6.54 Å². The van der Waals surface area contributed by atoms with Crippen molar-refractivity contribution in [3.8, 4) is 0 Å². The molecule has 0 rings (SSSR count). The number of aliphatic hydroxyl groups excluding tert-OH is 1. The molecule has 0 aromatic carbocycles. The van der Waals surface area contributed by atoms with Crippen molar-refractivity contribution in [1.82, 2.24) is 9.80 Å². The molecule has 7 heteroatoms. The maximum absolute atomic E-state index is 10.3. The number of carbonyl (C=O) groups is 2. The van der Waals surface area contributed by atoms with Gasteiger partial charge in [-0.15, -0.1) is 0 Å². The lowest BCUT2D eigenvalue weighted by molar-refractivity contribution is -0.310. The molecular formula is C9H16N2O5-2. The number of likely N-dealkylation sites (N-methyl/N-ethyl adjacent to an activating group) is 1. The zero-order valence-electron chi connectivity index (χ0n) is 9.38. The molecule has 0 aromatic heterocycles. The van der Waals surface area contributed by atoms with E-state index in [2.05, 4.69) is 0 Å². The molecule has 0 aliphatic carbocycles. The summed E-state index contributed by atoms with van der Waals surface area (Å²) in [5, 5.41) is 30.2. The summed E-state index contributed by atoms with van der Waals surface area (Å²) in [5.41, 5.74) is 0. The molecule has 0 spiro atoms. The minimum Gasteiger partial charge on any atom is -0.549 e. The van der Waals surface area contributed by atoms with Gasteiger partial charge in [0.25, 0.3) is 0 Å². The second kappa shape index (κ2) is 7.15. The average molecular weight is 232 g/mol. The predicted molar refractivity (Wildman–Crippen MR) is 51.0 cm³/mol. The first kappa shape index (κ1) is 14.8. The van der Waals surface area contributed by atoms with Crippen LogP contribution in [-0.4, -0.2) is 73.2 Å². The third-order valence-electron chi connectivity index (χ3n) is 1.75. The van der Waals surface area contributed by atoms with Crippen LogP contribution in [0.3, 0.4) is 0 Å². The summed E-state index contributed by atoms with van der Waals surface area (Å²) >= 11 is 0. The second-order valence-electron chi connectivity index (χ2n) is 3.83. The summed E-state index contributed by atoms with van der Waals surface area (Å²) in [6.07, 6.45) is -0.825. The van der Waals surface area contributed by atoms with E-state index in [1.807, 2.05) is 0 Å². The molecule has 0 radical (unpaired) electrons. The number of hydrogen-bond donors (Lipinski definition) is 1. The molecule has 1 unspecified atom stereocenters. The van der Waals surface area contributed by atoms with Crippen LogP contribution in [0, 0.1) is 0 Å². The maximum atomic E-state index is 10.3. The van der Waals surface area contributed by atoms with Gasteiger partial charge in [-0.05, 0) is 14.1 Å². The molecule has 7 nitrogen and oxygen atoms in total. The highest BCUT2D eigenvalue weighted by Crippen LogP contribution is 1.93. The monoisotopic (exact) mass is 232 g/mol. The molecule has 0 fully saturated rings. The van der Waals surface area contributed by atoms with Gasteiger partial charge in [-0.2, -0.15) is 0 Å². The Kier molecular flexibility index (Phi) is 6.63. The van der Waals surface area contributed by atoms with Crippen molar-refractivity contribution in [2.45, 2.75) is 6.10 Å². The molecule has 0 aliphatic heterocycles. The zero-order chi connectivity index (χ0) is 12.7. The molecule has 1 N–H and O–H groups in total. The van der Waals surface area contributed by atoms with Crippen molar-refractivity contribution in [3.05, 3.63) is 0 Å². The van der Waals surface area contributed by atoms with E-state index in [1.165, 1.54) is 0 Å². The SMILES string of the molecule is CN(C)CC(O)CN(CC(=O)[O-])CC(=O)[O-]. The van der Waals surface area contributed by atoms with Crippen LogP contribution in [-0.2, 0) is 9.59 Å². The third-order valence-corrected chi connectivity index (χ3v) is 1.75. The van der Waals surface area contributed by atoms with E-state index < -0.39 is 31.1 Å². The fourth-order valence-electron chi connectivity index (χ4n) is 1.33. The average Bonchev–Trinajstić information content (AvgIpc) is 1.97. The Hall–Kier alpha value is -1.18. The molecule has 0 heterocycles. The summed E-state index contributed by atoms with van der Waals surface area (Å²) in [4.78, 5) is 23.4. The van der Waals surface area contributed by atoms with Crippen LogP contribution in [0.1, 0.15) is 0 Å². The molecule has 0 aromatic rings. The first-order valence-corrected chi connectivity index (χ1v) is 4.76. The minimum absolute atomic E-state index is 0.0554. The Morgan fingerprint density at radius 2 is 1.56 bits per heavy atom. The molecule has 0 aliphatic rings. The first-order valence-electron chi connectivity index (χ1n) is 4.76. The molecule has 0 saturated carbocycles. The number of nitrogens with zero attached hydrogens (tertiary/aromatic N) is 2. The van der Waals surface area contributed by atoms with E-state index in [4.69, 9.17) is 0 Å². The minimum atomic E-state index is -1.39. The van der Waals surface area contributed by atoms with Crippen LogP contribution in [0.2, 0.25) is 0 Å². The summed E-state index contributed by atoms with van der Waals surface area (Å²) in [5.74, 6) is -2.78. The van der Waals surface area contributed by atoms with Crippen LogP contribution in [0.4, 0.5) is 0 Å². The Balaban J connectivity index is 4.18. The van der Waals surface area contributed by atoms with Crippen LogP contribution in [0.15, 0.2) is 0 Å². The quantitative estimate of drug-likeness (QED) is 0.451. The lowest BCUT2D eigenvalue weighted by atomic mass is 10.3. The van der Waals surface area contributed by atoms with Crippen molar-refractivity contribution >= 4 is 11.9 Å². The van der Waals surface area contributed by atoms with Gasteiger partial charge >= 0.3 is 0 Å². The Morgan fingerprint density at radius 1 is 1.12 bits per heavy atom. The van der Waals surface area contributed by atoms with E-state index >= 15 is 0 Å². The number of carboxylic acid groups (broad SMARTS) is 2. The van der Waals surface area contributed by atoms with Gasteiger partial charge in [0.2, 0.25) is 0 Å². The predicted octanol–water partition coefficient (Wildman–Crippen LogP) is -4.29. The summed E-state index contributed by atoms with van der Waals surface area (Å²) in [7, 11) is 3.48. The van der Waals surface area contributed by atoms with Crippen LogP contribution in [0.5, 0.6) is 0 Å².